The summed E-state index contributed by atoms with van der Waals surface area (Å²) in [5, 5.41) is 12.6. The number of benzene rings is 2. The fourth-order valence-electron chi connectivity index (χ4n) is 6.20. The van der Waals surface area contributed by atoms with Crippen LogP contribution in [0.3, 0.4) is 0 Å². The minimum atomic E-state index is -0.510. The Morgan fingerprint density at radius 2 is 1.88 bits per heavy atom. The van der Waals surface area contributed by atoms with Crippen LogP contribution < -0.4 is 10.2 Å². The summed E-state index contributed by atoms with van der Waals surface area (Å²) in [5.41, 5.74) is 4.65. The number of fused-ring (bicyclic) bond motifs is 3. The van der Waals surface area contributed by atoms with Gasteiger partial charge in [0.1, 0.15) is 6.04 Å². The van der Waals surface area contributed by atoms with E-state index < -0.39 is 11.5 Å². The topological polar surface area (TPSA) is 73.2 Å². The molecule has 0 aromatic heterocycles. The number of anilines is 1. The molecule has 2 fully saturated rings. The lowest BCUT2D eigenvalue weighted by atomic mass is 9.85. The van der Waals surface area contributed by atoms with E-state index in [0.29, 0.717) is 18.3 Å². The average molecular weight is 442 g/mol. The van der Waals surface area contributed by atoms with Crippen LogP contribution in [0.25, 0.3) is 11.1 Å². The number of nitriles is 1. The molecule has 5 heteroatoms. The van der Waals surface area contributed by atoms with E-state index in [4.69, 9.17) is 0 Å². The first-order valence-electron chi connectivity index (χ1n) is 12.0. The number of likely N-dealkylation sites (N-methyl/N-ethyl adjacent to an activating group) is 1. The quantitative estimate of drug-likeness (QED) is 0.737. The third kappa shape index (κ3) is 3.72. The highest BCUT2D eigenvalue weighted by Crippen LogP contribution is 2.48. The van der Waals surface area contributed by atoms with E-state index in [-0.39, 0.29) is 17.7 Å². The zero-order valence-corrected chi connectivity index (χ0v) is 19.6. The summed E-state index contributed by atoms with van der Waals surface area (Å²) in [4.78, 5) is 27.0. The molecule has 0 radical (unpaired) electrons. The molecule has 0 spiro atoms. The van der Waals surface area contributed by atoms with Gasteiger partial charge in [-0.15, -0.1) is 0 Å². The Morgan fingerprint density at radius 3 is 2.52 bits per heavy atom. The Bertz CT molecular complexity index is 1140. The van der Waals surface area contributed by atoms with Crippen molar-refractivity contribution in [2.24, 2.45) is 17.8 Å². The molecule has 3 aliphatic rings. The van der Waals surface area contributed by atoms with Gasteiger partial charge in [-0.25, -0.2) is 0 Å². The van der Waals surface area contributed by atoms with Gasteiger partial charge in [0.15, 0.2) is 0 Å². The fourth-order valence-corrected chi connectivity index (χ4v) is 6.20. The predicted octanol–water partition coefficient (Wildman–Crippen LogP) is 4.59. The lowest BCUT2D eigenvalue weighted by molar-refractivity contribution is -0.127. The molecule has 1 aliphatic heterocycles. The van der Waals surface area contributed by atoms with Crippen molar-refractivity contribution in [3.63, 3.8) is 0 Å². The SMILES string of the molecule is CN1C(=O)C(C)(C)c2ccc(-c3ccc(C[C@@H](C#N)NC(=O)[C@H]4C[C@@H]5CC[C@H]4C5)cc3)cc21. The number of nitrogens with one attached hydrogen (secondary N) is 1. The summed E-state index contributed by atoms with van der Waals surface area (Å²) in [6, 6.07) is 16.1. The highest BCUT2D eigenvalue weighted by molar-refractivity contribution is 6.07. The normalized spacial score (nSPS) is 25.6. The van der Waals surface area contributed by atoms with Gasteiger partial charge >= 0.3 is 0 Å². The number of hydrogen-bond donors (Lipinski definition) is 1. The maximum Gasteiger partial charge on any atom is 0.236 e. The van der Waals surface area contributed by atoms with Gasteiger partial charge in [0.2, 0.25) is 11.8 Å². The summed E-state index contributed by atoms with van der Waals surface area (Å²) in [7, 11) is 1.83. The van der Waals surface area contributed by atoms with Gasteiger partial charge in [0.05, 0.1) is 11.5 Å². The minimum Gasteiger partial charge on any atom is -0.340 e. The molecule has 5 nitrogen and oxygen atoms in total. The van der Waals surface area contributed by atoms with Gasteiger partial charge < -0.3 is 10.2 Å². The van der Waals surface area contributed by atoms with Gasteiger partial charge in [-0.1, -0.05) is 42.8 Å². The number of carbonyl (C=O) groups excluding carboxylic acids is 2. The van der Waals surface area contributed by atoms with Crippen molar-refractivity contribution in [3.05, 3.63) is 53.6 Å². The third-order valence-corrected chi connectivity index (χ3v) is 8.15. The standard InChI is InChI=1S/C28H31N3O2/c1-28(2)24-11-10-20(15-25(24)31(3)27(28)33)19-7-4-17(5-8-19)13-22(16-29)30-26(32)23-14-18-6-9-21(23)12-18/h4-5,7-8,10-11,15,18,21-23H,6,9,12-14H2,1-3H3,(H,30,32)/t18-,21+,22+,23+/m1/s1. The average Bonchev–Trinajstić information content (AvgIpc) is 3.50. The second kappa shape index (κ2) is 8.02. The zero-order valence-electron chi connectivity index (χ0n) is 19.6. The molecule has 2 aromatic rings. The van der Waals surface area contributed by atoms with E-state index in [9.17, 15) is 14.9 Å². The number of hydrogen-bond acceptors (Lipinski definition) is 3. The first-order chi connectivity index (χ1) is 15.8. The number of carbonyl (C=O) groups is 2. The van der Waals surface area contributed by atoms with Gasteiger partial charge in [0, 0.05) is 25.1 Å². The summed E-state index contributed by atoms with van der Waals surface area (Å²) >= 11 is 0. The Balaban J connectivity index is 1.27. The number of rotatable bonds is 5. The van der Waals surface area contributed by atoms with Crippen LogP contribution in [0.15, 0.2) is 42.5 Å². The summed E-state index contributed by atoms with van der Waals surface area (Å²) in [6.45, 7) is 3.93. The predicted molar refractivity (Wildman–Crippen MR) is 128 cm³/mol. The first-order valence-corrected chi connectivity index (χ1v) is 12.0. The molecule has 1 N–H and O–H groups in total. The Kier molecular flexibility index (Phi) is 5.28. The van der Waals surface area contributed by atoms with E-state index in [1.165, 1.54) is 12.8 Å². The van der Waals surface area contributed by atoms with Gasteiger partial charge in [0.25, 0.3) is 0 Å². The molecule has 170 valence electrons. The van der Waals surface area contributed by atoms with Crippen LogP contribution in [-0.4, -0.2) is 24.9 Å². The fraction of sp³-hybridized carbons (Fsp3) is 0.464. The molecular weight excluding hydrogens is 410 g/mol. The second-order valence-corrected chi connectivity index (χ2v) is 10.6. The first kappa shape index (κ1) is 21.7. The van der Waals surface area contributed by atoms with Crippen LogP contribution in [-0.2, 0) is 21.4 Å². The molecule has 2 saturated carbocycles. The van der Waals surface area contributed by atoms with Gasteiger partial charge in [-0.3, -0.25) is 9.59 Å². The molecule has 4 atom stereocenters. The van der Waals surface area contributed by atoms with Crippen molar-refractivity contribution in [1.29, 1.82) is 5.26 Å². The van der Waals surface area contributed by atoms with E-state index in [1.807, 2.05) is 45.2 Å². The summed E-state index contributed by atoms with van der Waals surface area (Å²) < 4.78 is 0. The molecule has 2 aromatic carbocycles. The molecule has 5 rings (SSSR count). The van der Waals surface area contributed by atoms with E-state index in [0.717, 1.165) is 40.8 Å². The maximum atomic E-state index is 12.7. The van der Waals surface area contributed by atoms with Crippen LogP contribution in [0, 0.1) is 29.1 Å². The lowest BCUT2D eigenvalue weighted by Gasteiger charge is -2.22. The van der Waals surface area contributed by atoms with Crippen LogP contribution in [0.1, 0.15) is 50.7 Å². The van der Waals surface area contributed by atoms with Gasteiger partial charge in [-0.2, -0.15) is 5.26 Å². The summed E-state index contributed by atoms with van der Waals surface area (Å²) in [5.74, 6) is 1.49. The maximum absolute atomic E-state index is 12.7. The lowest BCUT2D eigenvalue weighted by Crippen LogP contribution is -2.40. The van der Waals surface area contributed by atoms with Crippen LogP contribution in [0.5, 0.6) is 0 Å². The highest BCUT2D eigenvalue weighted by atomic mass is 16.2. The molecule has 2 amide bonds. The van der Waals surface area contributed by atoms with Crippen LogP contribution in [0.2, 0.25) is 0 Å². The van der Waals surface area contributed by atoms with Crippen LogP contribution >= 0.6 is 0 Å². The van der Waals surface area contributed by atoms with Crippen LogP contribution in [0.4, 0.5) is 5.69 Å². The summed E-state index contributed by atoms with van der Waals surface area (Å²) in [6.07, 6.45) is 5.09. The molecule has 2 bridgehead atoms. The van der Waals surface area contributed by atoms with E-state index in [2.05, 4.69) is 29.6 Å². The van der Waals surface area contributed by atoms with Crippen molar-refractivity contribution in [2.75, 3.05) is 11.9 Å². The Labute approximate surface area is 195 Å². The molecule has 1 heterocycles. The Hall–Kier alpha value is -3.13. The van der Waals surface area contributed by atoms with Crippen molar-refractivity contribution in [3.8, 4) is 17.2 Å². The Morgan fingerprint density at radius 1 is 1.15 bits per heavy atom. The molecule has 33 heavy (non-hydrogen) atoms. The third-order valence-electron chi connectivity index (χ3n) is 8.15. The van der Waals surface area contributed by atoms with Crippen molar-refractivity contribution in [1.82, 2.24) is 5.32 Å². The van der Waals surface area contributed by atoms with Crippen molar-refractivity contribution >= 4 is 17.5 Å². The van der Waals surface area contributed by atoms with Gasteiger partial charge in [-0.05, 0) is 73.3 Å². The molecule has 2 aliphatic carbocycles. The molecular formula is C28H31N3O2. The monoisotopic (exact) mass is 441 g/mol. The largest absolute Gasteiger partial charge is 0.340 e. The van der Waals surface area contributed by atoms with E-state index >= 15 is 0 Å². The molecule has 0 unspecified atom stereocenters. The van der Waals surface area contributed by atoms with Crippen molar-refractivity contribution in [2.45, 2.75) is 57.4 Å². The molecule has 0 saturated heterocycles. The van der Waals surface area contributed by atoms with E-state index in [1.54, 1.807) is 4.90 Å². The second-order valence-electron chi connectivity index (χ2n) is 10.6. The number of amides is 2. The number of nitrogens with zero attached hydrogens (tertiary/aromatic N) is 2. The van der Waals surface area contributed by atoms with Crippen molar-refractivity contribution < 1.29 is 9.59 Å². The highest BCUT2D eigenvalue weighted by Gasteiger charge is 2.43. The zero-order chi connectivity index (χ0) is 23.3. The smallest absolute Gasteiger partial charge is 0.236 e. The minimum absolute atomic E-state index is 0.0603.